The summed E-state index contributed by atoms with van der Waals surface area (Å²) in [5.41, 5.74) is 0.731. The Bertz CT molecular complexity index is 1110. The highest BCUT2D eigenvalue weighted by Gasteiger charge is 2.52. The number of hydrogen-bond acceptors (Lipinski definition) is 6. The molecule has 1 saturated carbocycles. The highest BCUT2D eigenvalue weighted by Crippen LogP contribution is 2.49. The average molecular weight is 481 g/mol. The van der Waals surface area contributed by atoms with Gasteiger partial charge in [0.1, 0.15) is 10.6 Å². The topological polar surface area (TPSA) is 102 Å². The summed E-state index contributed by atoms with van der Waals surface area (Å²) < 4.78 is 37.0. The number of carbonyl (C=O) groups is 2. The Balaban J connectivity index is 1.67. The van der Waals surface area contributed by atoms with Crippen LogP contribution in [0, 0.1) is 0 Å². The van der Waals surface area contributed by atoms with E-state index < -0.39 is 27.9 Å². The highest BCUT2D eigenvalue weighted by atomic mass is 35.5. The fourth-order valence-corrected chi connectivity index (χ4v) is 4.93. The van der Waals surface area contributed by atoms with Crippen molar-refractivity contribution in [2.75, 3.05) is 32.6 Å². The lowest BCUT2D eigenvalue weighted by atomic mass is 9.96. The van der Waals surface area contributed by atoms with Gasteiger partial charge in [-0.15, -0.1) is 0 Å². The summed E-state index contributed by atoms with van der Waals surface area (Å²) in [5.74, 6) is -0.621. The molecule has 0 heterocycles. The van der Waals surface area contributed by atoms with Crippen molar-refractivity contribution in [3.05, 3.63) is 53.1 Å². The third-order valence-electron chi connectivity index (χ3n) is 5.32. The van der Waals surface area contributed by atoms with Crippen molar-refractivity contribution < 1.29 is 27.5 Å². The Hall–Kier alpha value is -2.62. The quantitative estimate of drug-likeness (QED) is 0.553. The van der Waals surface area contributed by atoms with Gasteiger partial charge in [0, 0.05) is 17.8 Å². The van der Waals surface area contributed by atoms with Crippen molar-refractivity contribution in [3.63, 3.8) is 0 Å². The standard InChI is InChI=1S/C22H25ClN2O6S/c1-4-31-21(27)22(11-12-22)15-5-8-17(9-6-15)24-20(26)14-25(2)32(28,29)19-13-16(23)7-10-18(19)30-3/h5-10,13H,4,11-12,14H2,1-3H3,(H,24,26). The molecule has 1 fully saturated rings. The van der Waals surface area contributed by atoms with Gasteiger partial charge in [-0.2, -0.15) is 4.31 Å². The number of likely N-dealkylation sites (N-methyl/N-ethyl adjacent to an activating group) is 1. The van der Waals surface area contributed by atoms with Crippen LogP contribution >= 0.6 is 11.6 Å². The van der Waals surface area contributed by atoms with Crippen LogP contribution in [0.4, 0.5) is 5.69 Å². The second-order valence-corrected chi connectivity index (χ2v) is 9.93. The van der Waals surface area contributed by atoms with Crippen molar-refractivity contribution >= 4 is 39.2 Å². The van der Waals surface area contributed by atoms with E-state index in [1.165, 1.54) is 32.4 Å². The van der Waals surface area contributed by atoms with E-state index in [9.17, 15) is 18.0 Å². The number of ether oxygens (including phenoxy) is 2. The summed E-state index contributed by atoms with van der Waals surface area (Å²) >= 11 is 5.94. The first-order valence-electron chi connectivity index (χ1n) is 10.0. The third-order valence-corrected chi connectivity index (χ3v) is 7.38. The molecule has 2 aromatic carbocycles. The number of methoxy groups -OCH3 is 1. The average Bonchev–Trinajstić information content (AvgIpc) is 3.56. The molecular formula is C22H25ClN2O6S. The van der Waals surface area contributed by atoms with Crippen molar-refractivity contribution in [1.29, 1.82) is 0 Å². The minimum Gasteiger partial charge on any atom is -0.495 e. The summed E-state index contributed by atoms with van der Waals surface area (Å²) in [6.07, 6.45) is 1.46. The van der Waals surface area contributed by atoms with Crippen LogP contribution in [0.3, 0.4) is 0 Å². The van der Waals surface area contributed by atoms with Gasteiger partial charge in [-0.25, -0.2) is 8.42 Å². The van der Waals surface area contributed by atoms with Gasteiger partial charge in [-0.1, -0.05) is 23.7 Å². The van der Waals surface area contributed by atoms with Gasteiger partial charge in [0.2, 0.25) is 15.9 Å². The molecule has 32 heavy (non-hydrogen) atoms. The molecule has 0 atom stereocenters. The van der Waals surface area contributed by atoms with Crippen molar-refractivity contribution in [2.24, 2.45) is 0 Å². The smallest absolute Gasteiger partial charge is 0.316 e. The predicted octanol–water partition coefficient (Wildman–Crippen LogP) is 3.20. The molecule has 8 nitrogen and oxygen atoms in total. The molecule has 0 saturated heterocycles. The summed E-state index contributed by atoms with van der Waals surface area (Å²) in [6, 6.07) is 11.2. The maximum absolute atomic E-state index is 12.9. The number of amides is 1. The predicted molar refractivity (Wildman–Crippen MR) is 120 cm³/mol. The van der Waals surface area contributed by atoms with E-state index in [-0.39, 0.29) is 21.6 Å². The largest absolute Gasteiger partial charge is 0.495 e. The molecule has 0 aliphatic heterocycles. The fourth-order valence-electron chi connectivity index (χ4n) is 3.39. The van der Waals surface area contributed by atoms with Gasteiger partial charge >= 0.3 is 5.97 Å². The van der Waals surface area contributed by atoms with E-state index in [0.717, 1.165) is 22.7 Å². The fraction of sp³-hybridized carbons (Fsp3) is 0.364. The lowest BCUT2D eigenvalue weighted by molar-refractivity contribution is -0.146. The Morgan fingerprint density at radius 3 is 2.38 bits per heavy atom. The zero-order chi connectivity index (χ0) is 23.5. The number of benzene rings is 2. The van der Waals surface area contributed by atoms with E-state index in [4.69, 9.17) is 21.1 Å². The van der Waals surface area contributed by atoms with Crippen LogP contribution in [0.5, 0.6) is 5.75 Å². The molecule has 172 valence electrons. The molecule has 0 spiro atoms. The molecular weight excluding hydrogens is 456 g/mol. The molecule has 1 aliphatic carbocycles. The number of nitrogens with one attached hydrogen (secondary N) is 1. The van der Waals surface area contributed by atoms with Gasteiger partial charge in [-0.05, 0) is 55.7 Å². The van der Waals surface area contributed by atoms with Gasteiger partial charge in [0.05, 0.1) is 25.7 Å². The van der Waals surface area contributed by atoms with Crippen molar-refractivity contribution in [1.82, 2.24) is 4.31 Å². The molecule has 1 amide bonds. The molecule has 1 N–H and O–H groups in total. The van der Waals surface area contributed by atoms with E-state index >= 15 is 0 Å². The first kappa shape index (κ1) is 24.0. The molecule has 0 radical (unpaired) electrons. The Labute approximate surface area is 192 Å². The number of carbonyl (C=O) groups excluding carboxylic acids is 2. The second-order valence-electron chi connectivity index (χ2n) is 7.48. The monoisotopic (exact) mass is 480 g/mol. The zero-order valence-electron chi connectivity index (χ0n) is 18.1. The third kappa shape index (κ3) is 4.90. The van der Waals surface area contributed by atoms with Gasteiger partial charge in [0.15, 0.2) is 0 Å². The second kappa shape index (κ2) is 9.48. The molecule has 0 aromatic heterocycles. The van der Waals surface area contributed by atoms with Crippen LogP contribution in [-0.2, 0) is 29.8 Å². The van der Waals surface area contributed by atoms with E-state index in [1.807, 2.05) is 0 Å². The summed E-state index contributed by atoms with van der Waals surface area (Å²) in [5, 5.41) is 2.91. The Kier molecular flexibility index (Phi) is 7.12. The highest BCUT2D eigenvalue weighted by molar-refractivity contribution is 7.89. The molecule has 0 bridgehead atoms. The lowest BCUT2D eigenvalue weighted by Crippen LogP contribution is -2.35. The number of rotatable bonds is 9. The van der Waals surface area contributed by atoms with Crippen molar-refractivity contribution in [2.45, 2.75) is 30.1 Å². The number of hydrogen-bond donors (Lipinski definition) is 1. The number of sulfonamides is 1. The lowest BCUT2D eigenvalue weighted by Gasteiger charge is -2.19. The van der Waals surface area contributed by atoms with Gasteiger partial charge in [0.25, 0.3) is 0 Å². The van der Waals surface area contributed by atoms with Crippen molar-refractivity contribution in [3.8, 4) is 5.75 Å². The Morgan fingerprint density at radius 1 is 1.16 bits per heavy atom. The molecule has 10 heteroatoms. The van der Waals surface area contributed by atoms with Gasteiger partial charge < -0.3 is 14.8 Å². The van der Waals surface area contributed by atoms with Crippen LogP contribution in [0.15, 0.2) is 47.4 Å². The van der Waals surface area contributed by atoms with Gasteiger partial charge in [-0.3, -0.25) is 9.59 Å². The number of nitrogens with zero attached hydrogens (tertiary/aromatic N) is 1. The summed E-state index contributed by atoms with van der Waals surface area (Å²) in [6.45, 7) is 1.69. The number of anilines is 1. The maximum Gasteiger partial charge on any atom is 0.316 e. The minimum absolute atomic E-state index is 0.124. The number of esters is 1. The maximum atomic E-state index is 12.9. The summed E-state index contributed by atoms with van der Waals surface area (Å²) in [4.78, 5) is 24.6. The van der Waals surface area contributed by atoms with Crippen LogP contribution < -0.4 is 10.1 Å². The first-order valence-corrected chi connectivity index (χ1v) is 11.8. The van der Waals surface area contributed by atoms with Crippen LogP contribution in [0.2, 0.25) is 5.02 Å². The summed E-state index contributed by atoms with van der Waals surface area (Å²) in [7, 11) is -1.36. The SMILES string of the molecule is CCOC(=O)C1(c2ccc(NC(=O)CN(C)S(=O)(=O)c3cc(Cl)ccc3OC)cc2)CC1. The van der Waals surface area contributed by atoms with E-state index in [2.05, 4.69) is 5.32 Å². The molecule has 2 aromatic rings. The zero-order valence-corrected chi connectivity index (χ0v) is 19.6. The van der Waals surface area contributed by atoms with E-state index in [0.29, 0.717) is 12.3 Å². The normalized spacial score (nSPS) is 14.7. The number of halogens is 1. The Morgan fingerprint density at radius 2 is 1.81 bits per heavy atom. The van der Waals surface area contributed by atoms with E-state index in [1.54, 1.807) is 31.2 Å². The minimum atomic E-state index is -4.01. The molecule has 3 rings (SSSR count). The molecule has 0 unspecified atom stereocenters. The first-order chi connectivity index (χ1) is 15.1. The van der Waals surface area contributed by atoms with Crippen LogP contribution in [0.25, 0.3) is 0 Å². The van der Waals surface area contributed by atoms with Crippen LogP contribution in [0.1, 0.15) is 25.3 Å². The molecule has 1 aliphatic rings. The van der Waals surface area contributed by atoms with Crippen LogP contribution in [-0.4, -0.2) is 51.9 Å².